The van der Waals surface area contributed by atoms with Crippen LogP contribution in [-0.4, -0.2) is 20.2 Å². The van der Waals surface area contributed by atoms with Gasteiger partial charge in [-0.1, -0.05) is 0 Å². The summed E-state index contributed by atoms with van der Waals surface area (Å²) in [7, 11) is -2.87. The number of aromatic nitrogens is 1. The van der Waals surface area contributed by atoms with Crippen molar-refractivity contribution < 1.29 is 77.1 Å². The molecule has 0 saturated carbocycles. The molecule has 1 aromatic heterocycles. The molecule has 0 unspecified atom stereocenters. The van der Waals surface area contributed by atoms with Crippen LogP contribution in [0, 0.1) is 0 Å². The fraction of sp³-hybridized carbons (Fsp3) is 0. The first kappa shape index (κ1) is 17.8. The predicted molar refractivity (Wildman–Crippen MR) is 33.3 cm³/mol. The fourth-order valence-electron chi connectivity index (χ4n) is 0.176. The average Bonchev–Trinajstić information content (AvgIpc) is 2.11. The van der Waals surface area contributed by atoms with Crippen LogP contribution >= 0.6 is 8.25 Å². The van der Waals surface area contributed by atoms with Crippen LogP contribution in [0.1, 0.15) is 1.43 Å². The zero-order chi connectivity index (χ0) is 7.11. The van der Waals surface area contributed by atoms with Crippen molar-refractivity contribution in [2.45, 2.75) is 0 Å². The number of hydrogen-bond donors (Lipinski definition) is 2. The molecule has 0 fully saturated rings. The monoisotopic (exact) mass is 208 g/mol. The summed E-state index contributed by atoms with van der Waals surface area (Å²) in [6, 6.07) is 0. The van der Waals surface area contributed by atoms with Crippen molar-refractivity contribution in [3.8, 4) is 0 Å². The maximum Gasteiger partial charge on any atom is 1.00 e. The first-order valence-corrected chi connectivity index (χ1v) is 3.07. The molecule has 1 heterocycles. The molecule has 0 saturated heterocycles. The Labute approximate surface area is 108 Å². The van der Waals surface area contributed by atoms with Crippen LogP contribution in [0.3, 0.4) is 0 Å². The predicted octanol–water partition coefficient (Wildman–Crippen LogP) is -3.41. The van der Waals surface area contributed by atoms with Crippen molar-refractivity contribution in [3.63, 3.8) is 0 Å². The van der Waals surface area contributed by atoms with E-state index >= 15 is 0 Å². The standard InChI is InChI=1S/C3H3NO.K.HO3P.H2O.H/c1-2-5-3-4-1;;1-4(2)3;;/h1-3H;;(H-,1,2,3);1H2;/q;+1;;;-1/p+1. The maximum absolute atomic E-state index is 8.70. The van der Waals surface area contributed by atoms with Gasteiger partial charge in [0, 0.05) is 4.57 Å². The van der Waals surface area contributed by atoms with Gasteiger partial charge in [-0.05, 0) is 0 Å². The molecule has 0 aliphatic carbocycles. The molecular weight excluding hydrogens is 200 g/mol. The summed E-state index contributed by atoms with van der Waals surface area (Å²) < 4.78 is 13.2. The Morgan fingerprint density at radius 3 is 2.09 bits per heavy atom. The van der Waals surface area contributed by atoms with Gasteiger partial charge in [0.25, 0.3) is 0 Å². The molecule has 1 aromatic rings. The van der Waals surface area contributed by atoms with E-state index < -0.39 is 8.25 Å². The molecule has 0 radical (unpaired) electrons. The summed E-state index contributed by atoms with van der Waals surface area (Å²) in [5, 5.41) is 0. The minimum absolute atomic E-state index is 0. The fourth-order valence-corrected chi connectivity index (χ4v) is 0.176. The Bertz CT molecular complexity index is 141. The summed E-state index contributed by atoms with van der Waals surface area (Å²) >= 11 is 0. The molecule has 0 aromatic carbocycles. The van der Waals surface area contributed by atoms with Crippen LogP contribution in [0.2, 0.25) is 0 Å². The van der Waals surface area contributed by atoms with Gasteiger partial charge < -0.3 is 11.3 Å². The third-order valence-corrected chi connectivity index (χ3v) is 0.347. The van der Waals surface area contributed by atoms with E-state index in [1.54, 1.807) is 6.20 Å². The molecule has 0 aliphatic heterocycles. The second-order valence-electron chi connectivity index (χ2n) is 0.928. The minimum Gasteiger partial charge on any atom is -1.00 e. The van der Waals surface area contributed by atoms with Gasteiger partial charge in [-0.3, -0.25) is 0 Å². The Morgan fingerprint density at radius 2 is 2.00 bits per heavy atom. The molecule has 60 valence electrons. The van der Waals surface area contributed by atoms with Gasteiger partial charge in [0.05, 0.1) is 6.20 Å². The maximum atomic E-state index is 8.70. The van der Waals surface area contributed by atoms with Gasteiger partial charge in [-0.2, -0.15) is 0 Å². The van der Waals surface area contributed by atoms with Crippen LogP contribution in [0.4, 0.5) is 0 Å². The van der Waals surface area contributed by atoms with Crippen molar-refractivity contribution in [2.24, 2.45) is 0 Å². The molecular formula is C3H8KNO5P+. The Morgan fingerprint density at radius 1 is 1.55 bits per heavy atom. The zero-order valence-electron chi connectivity index (χ0n) is 6.84. The van der Waals surface area contributed by atoms with Crippen molar-refractivity contribution in [3.05, 3.63) is 18.9 Å². The van der Waals surface area contributed by atoms with E-state index in [9.17, 15) is 0 Å². The molecule has 1 rings (SSSR count). The molecule has 11 heavy (non-hydrogen) atoms. The summed E-state index contributed by atoms with van der Waals surface area (Å²) in [4.78, 5) is 17.8. The summed E-state index contributed by atoms with van der Waals surface area (Å²) in [6.07, 6.45) is 4.47. The molecule has 0 atom stereocenters. The van der Waals surface area contributed by atoms with E-state index in [1.807, 2.05) is 0 Å². The van der Waals surface area contributed by atoms with E-state index in [-0.39, 0.29) is 58.3 Å². The number of rotatable bonds is 0. The third kappa shape index (κ3) is 24.8. The third-order valence-electron chi connectivity index (χ3n) is 0.347. The van der Waals surface area contributed by atoms with Gasteiger partial charge in [-0.15, -0.1) is 9.79 Å². The number of hydrogen-bond acceptors (Lipinski definition) is 3. The first-order chi connectivity index (χ1) is 4.23. The number of oxazole rings is 1. The van der Waals surface area contributed by atoms with Crippen molar-refractivity contribution in [1.29, 1.82) is 0 Å². The van der Waals surface area contributed by atoms with Crippen LogP contribution in [-0.2, 0) is 4.57 Å². The minimum atomic E-state index is -2.87. The second kappa shape index (κ2) is 13.4. The Balaban J connectivity index is -0.0000000436. The van der Waals surface area contributed by atoms with Gasteiger partial charge in [-0.25, -0.2) is 4.98 Å². The number of nitrogens with zero attached hydrogens (tertiary/aromatic N) is 1. The van der Waals surface area contributed by atoms with Crippen molar-refractivity contribution in [1.82, 2.24) is 4.98 Å². The van der Waals surface area contributed by atoms with Crippen LogP contribution < -0.4 is 51.4 Å². The summed E-state index contributed by atoms with van der Waals surface area (Å²) in [5.74, 6) is 0. The molecule has 0 bridgehead atoms. The zero-order valence-corrected chi connectivity index (χ0v) is 9.85. The van der Waals surface area contributed by atoms with Crippen LogP contribution in [0.5, 0.6) is 0 Å². The van der Waals surface area contributed by atoms with Crippen LogP contribution in [0.15, 0.2) is 23.3 Å². The van der Waals surface area contributed by atoms with Gasteiger partial charge in [0.15, 0.2) is 6.39 Å². The Hall–Kier alpha value is 0.826. The van der Waals surface area contributed by atoms with Crippen LogP contribution in [0.25, 0.3) is 0 Å². The van der Waals surface area contributed by atoms with E-state index in [4.69, 9.17) is 14.4 Å². The molecule has 8 heteroatoms. The molecule has 6 nitrogen and oxygen atoms in total. The van der Waals surface area contributed by atoms with E-state index in [0.717, 1.165) is 0 Å². The van der Waals surface area contributed by atoms with Crippen molar-refractivity contribution >= 4 is 8.25 Å². The topological polar surface area (TPSA) is 115 Å². The van der Waals surface area contributed by atoms with Crippen molar-refractivity contribution in [2.75, 3.05) is 0 Å². The van der Waals surface area contributed by atoms with Gasteiger partial charge in [0.1, 0.15) is 6.26 Å². The van der Waals surface area contributed by atoms with E-state index in [0.29, 0.717) is 0 Å². The SMILES string of the molecule is O.O=[P+](O)O.[H-].[K+].c1cocn1. The molecule has 4 N–H and O–H groups in total. The summed E-state index contributed by atoms with van der Waals surface area (Å²) in [5.41, 5.74) is 0. The largest absolute Gasteiger partial charge is 1.00 e. The molecule has 0 amide bonds. The average molecular weight is 208 g/mol. The summed E-state index contributed by atoms with van der Waals surface area (Å²) in [6.45, 7) is 0. The normalized spacial score (nSPS) is 6.00. The molecule has 0 spiro atoms. The van der Waals surface area contributed by atoms with Gasteiger partial charge >= 0.3 is 59.6 Å². The quantitative estimate of drug-likeness (QED) is 0.340. The first-order valence-electron chi connectivity index (χ1n) is 1.90. The van der Waals surface area contributed by atoms with Gasteiger partial charge in [0.2, 0.25) is 0 Å². The Kier molecular flexibility index (Phi) is 21.7. The smallest absolute Gasteiger partial charge is 1.00 e. The van der Waals surface area contributed by atoms with E-state index in [2.05, 4.69) is 9.40 Å². The molecule has 0 aliphatic rings. The second-order valence-corrected chi connectivity index (χ2v) is 1.43. The van der Waals surface area contributed by atoms with E-state index in [1.165, 1.54) is 12.7 Å².